The van der Waals surface area contributed by atoms with Gasteiger partial charge < -0.3 is 9.32 Å². The number of halogens is 3. The molecule has 1 saturated heterocycles. The summed E-state index contributed by atoms with van der Waals surface area (Å²) in [4.78, 5) is 14.1. The van der Waals surface area contributed by atoms with Crippen molar-refractivity contribution >= 4 is 5.91 Å². The van der Waals surface area contributed by atoms with Crippen LogP contribution in [0.1, 0.15) is 46.5 Å². The second kappa shape index (κ2) is 6.55. The first-order valence-electron chi connectivity index (χ1n) is 7.58. The molecule has 6 nitrogen and oxygen atoms in total. The molecule has 1 amide bonds. The molecule has 130 valence electrons. The minimum atomic E-state index is -4.69. The molecule has 2 heterocycles. The number of hydrogen-bond donors (Lipinski definition) is 0. The lowest BCUT2D eigenvalue weighted by atomic mass is 9.97. The number of nitriles is 1. The van der Waals surface area contributed by atoms with E-state index in [1.54, 1.807) is 18.2 Å². The summed E-state index contributed by atoms with van der Waals surface area (Å²) >= 11 is 0. The van der Waals surface area contributed by atoms with Crippen molar-refractivity contribution in [2.45, 2.75) is 24.9 Å². The predicted octanol–water partition coefficient (Wildman–Crippen LogP) is 2.98. The highest BCUT2D eigenvalue weighted by Gasteiger charge is 2.39. The van der Waals surface area contributed by atoms with Crippen molar-refractivity contribution in [3.63, 3.8) is 0 Å². The highest BCUT2D eigenvalue weighted by atomic mass is 19.4. The molecule has 1 aliphatic rings. The topological polar surface area (TPSA) is 83.0 Å². The lowest BCUT2D eigenvalue weighted by Crippen LogP contribution is -2.39. The highest BCUT2D eigenvalue weighted by Crippen LogP contribution is 2.32. The van der Waals surface area contributed by atoms with E-state index in [0.717, 1.165) is 0 Å². The van der Waals surface area contributed by atoms with Gasteiger partial charge in [-0.15, -0.1) is 10.2 Å². The Balaban J connectivity index is 1.75. The fraction of sp³-hybridized carbons (Fsp3) is 0.375. The lowest BCUT2D eigenvalue weighted by Gasteiger charge is -2.31. The zero-order valence-corrected chi connectivity index (χ0v) is 13.0. The number of alkyl halides is 3. The van der Waals surface area contributed by atoms with Crippen LogP contribution in [0.15, 0.2) is 28.7 Å². The van der Waals surface area contributed by atoms with Crippen LogP contribution in [-0.2, 0) is 6.18 Å². The molecule has 1 fully saturated rings. The maximum absolute atomic E-state index is 12.6. The summed E-state index contributed by atoms with van der Waals surface area (Å²) in [6, 6.07) is 8.25. The van der Waals surface area contributed by atoms with Crippen LogP contribution in [0.3, 0.4) is 0 Å². The lowest BCUT2D eigenvalue weighted by molar-refractivity contribution is -0.157. The van der Waals surface area contributed by atoms with Gasteiger partial charge in [0.05, 0.1) is 17.6 Å². The molecular formula is C16H13F3N4O2. The van der Waals surface area contributed by atoms with Crippen LogP contribution in [0, 0.1) is 11.3 Å². The van der Waals surface area contributed by atoms with E-state index in [9.17, 15) is 18.0 Å². The van der Waals surface area contributed by atoms with Crippen LogP contribution in [0.5, 0.6) is 0 Å². The molecule has 3 rings (SSSR count). The number of carbonyl (C=O) groups is 1. The number of nitrogens with zero attached hydrogens (tertiary/aromatic N) is 4. The van der Waals surface area contributed by atoms with E-state index in [4.69, 9.17) is 9.68 Å². The van der Waals surface area contributed by atoms with E-state index < -0.39 is 18.0 Å². The first-order chi connectivity index (χ1) is 11.9. The molecule has 25 heavy (non-hydrogen) atoms. The van der Waals surface area contributed by atoms with Gasteiger partial charge in [0.1, 0.15) is 0 Å². The van der Waals surface area contributed by atoms with Crippen molar-refractivity contribution in [1.29, 1.82) is 5.26 Å². The Bertz CT molecular complexity index is 825. The number of benzene rings is 1. The van der Waals surface area contributed by atoms with Gasteiger partial charge in [0.2, 0.25) is 5.89 Å². The molecule has 1 aromatic carbocycles. The van der Waals surface area contributed by atoms with Gasteiger partial charge in [0.25, 0.3) is 5.91 Å². The number of likely N-dealkylation sites (tertiary alicyclic amines) is 1. The van der Waals surface area contributed by atoms with Crippen molar-refractivity contribution in [2.75, 3.05) is 13.1 Å². The summed E-state index contributed by atoms with van der Waals surface area (Å²) < 4.78 is 42.5. The zero-order valence-electron chi connectivity index (χ0n) is 13.0. The molecule has 2 aromatic rings. The van der Waals surface area contributed by atoms with Gasteiger partial charge >= 0.3 is 12.1 Å². The van der Waals surface area contributed by atoms with Gasteiger partial charge in [-0.25, -0.2) is 0 Å². The monoisotopic (exact) mass is 350 g/mol. The highest BCUT2D eigenvalue weighted by molar-refractivity contribution is 5.94. The van der Waals surface area contributed by atoms with Crippen LogP contribution < -0.4 is 0 Å². The smallest absolute Gasteiger partial charge is 0.417 e. The summed E-state index contributed by atoms with van der Waals surface area (Å²) in [5.74, 6) is -2.22. The molecule has 0 aliphatic carbocycles. The Labute approximate surface area is 140 Å². The van der Waals surface area contributed by atoms with Crippen molar-refractivity contribution in [1.82, 2.24) is 15.1 Å². The average Bonchev–Trinajstić information content (AvgIpc) is 3.12. The van der Waals surface area contributed by atoms with Gasteiger partial charge in [0, 0.05) is 18.7 Å². The third kappa shape index (κ3) is 3.63. The van der Waals surface area contributed by atoms with Crippen molar-refractivity contribution in [3.05, 3.63) is 47.2 Å². The molecule has 1 aliphatic heterocycles. The fourth-order valence-corrected chi connectivity index (χ4v) is 2.78. The molecule has 0 spiro atoms. The predicted molar refractivity (Wildman–Crippen MR) is 78.3 cm³/mol. The Morgan fingerprint density at radius 3 is 2.84 bits per heavy atom. The number of rotatable bonds is 2. The minimum absolute atomic E-state index is 0.115. The Morgan fingerprint density at radius 2 is 2.16 bits per heavy atom. The summed E-state index contributed by atoms with van der Waals surface area (Å²) in [5, 5.41) is 15.4. The zero-order chi connectivity index (χ0) is 18.0. The molecule has 0 saturated carbocycles. The van der Waals surface area contributed by atoms with E-state index >= 15 is 0 Å². The van der Waals surface area contributed by atoms with Gasteiger partial charge in [0.15, 0.2) is 0 Å². The number of carbonyl (C=O) groups excluding carboxylic acids is 1. The van der Waals surface area contributed by atoms with Crippen LogP contribution in [-0.4, -0.2) is 34.1 Å². The third-order valence-corrected chi connectivity index (χ3v) is 3.98. The number of piperidine rings is 1. The minimum Gasteiger partial charge on any atom is -0.417 e. The average molecular weight is 350 g/mol. The first-order valence-corrected chi connectivity index (χ1v) is 7.58. The van der Waals surface area contributed by atoms with Crippen LogP contribution in [0.4, 0.5) is 13.2 Å². The van der Waals surface area contributed by atoms with Crippen molar-refractivity contribution in [2.24, 2.45) is 0 Å². The standard InChI is InChI=1S/C16H13F3N4O2/c17-16(18,19)15-22-21-13(25-15)12-5-2-6-23(9-12)14(24)11-4-1-3-10(7-11)8-20/h1,3-4,7,12H,2,5-6,9H2/t12-/m1/s1. The van der Waals surface area contributed by atoms with E-state index in [1.165, 1.54) is 11.0 Å². The molecular weight excluding hydrogens is 337 g/mol. The SMILES string of the molecule is N#Cc1cccc(C(=O)N2CCC[C@@H](c3nnc(C(F)(F)F)o3)C2)c1. The normalized spacial score (nSPS) is 18.0. The molecule has 0 N–H and O–H groups in total. The molecule has 0 radical (unpaired) electrons. The Kier molecular flexibility index (Phi) is 4.44. The third-order valence-electron chi connectivity index (χ3n) is 3.98. The summed E-state index contributed by atoms with van der Waals surface area (Å²) in [6.07, 6.45) is -3.52. The van der Waals surface area contributed by atoms with E-state index in [-0.39, 0.29) is 18.3 Å². The van der Waals surface area contributed by atoms with E-state index in [2.05, 4.69) is 10.2 Å². The molecule has 0 unspecified atom stereocenters. The second-order valence-corrected chi connectivity index (χ2v) is 5.73. The molecule has 1 atom stereocenters. The van der Waals surface area contributed by atoms with Gasteiger partial charge in [-0.3, -0.25) is 4.79 Å². The Hall–Kier alpha value is -2.89. The molecule has 0 bridgehead atoms. The van der Waals surface area contributed by atoms with E-state index in [1.807, 2.05) is 6.07 Å². The summed E-state index contributed by atoms with van der Waals surface area (Å²) in [6.45, 7) is 0.668. The summed E-state index contributed by atoms with van der Waals surface area (Å²) in [5.41, 5.74) is 0.729. The maximum atomic E-state index is 12.6. The van der Waals surface area contributed by atoms with Crippen LogP contribution in [0.25, 0.3) is 0 Å². The first kappa shape index (κ1) is 17.0. The second-order valence-electron chi connectivity index (χ2n) is 5.73. The number of hydrogen-bond acceptors (Lipinski definition) is 5. The number of amides is 1. The van der Waals surface area contributed by atoms with Crippen LogP contribution >= 0.6 is 0 Å². The Morgan fingerprint density at radius 1 is 1.36 bits per heavy atom. The summed E-state index contributed by atoms with van der Waals surface area (Å²) in [7, 11) is 0. The van der Waals surface area contributed by atoms with E-state index in [0.29, 0.717) is 30.5 Å². The molecule has 1 aromatic heterocycles. The van der Waals surface area contributed by atoms with Crippen molar-refractivity contribution < 1.29 is 22.4 Å². The number of aromatic nitrogens is 2. The fourth-order valence-electron chi connectivity index (χ4n) is 2.78. The maximum Gasteiger partial charge on any atom is 0.470 e. The van der Waals surface area contributed by atoms with Crippen LogP contribution in [0.2, 0.25) is 0 Å². The largest absolute Gasteiger partial charge is 0.470 e. The van der Waals surface area contributed by atoms with Gasteiger partial charge in [-0.2, -0.15) is 18.4 Å². The van der Waals surface area contributed by atoms with Crippen molar-refractivity contribution in [3.8, 4) is 6.07 Å². The van der Waals surface area contributed by atoms with Gasteiger partial charge in [-0.05, 0) is 31.0 Å². The molecule has 9 heteroatoms. The van der Waals surface area contributed by atoms with Gasteiger partial charge in [-0.1, -0.05) is 6.07 Å². The quantitative estimate of drug-likeness (QED) is 0.831.